The van der Waals surface area contributed by atoms with Crippen molar-refractivity contribution in [3.63, 3.8) is 0 Å². The van der Waals surface area contributed by atoms with Crippen molar-refractivity contribution in [3.8, 4) is 0 Å². The Labute approximate surface area is 164 Å². The summed E-state index contributed by atoms with van der Waals surface area (Å²) in [4.78, 5) is 16.4. The second-order valence-electron chi connectivity index (χ2n) is 8.57. The average Bonchev–Trinajstić information content (AvgIpc) is 2.61. The van der Waals surface area contributed by atoms with Gasteiger partial charge < -0.3 is 4.90 Å². The molecule has 0 saturated carbocycles. The summed E-state index contributed by atoms with van der Waals surface area (Å²) in [5, 5.41) is 0. The van der Waals surface area contributed by atoms with Gasteiger partial charge in [0.25, 0.3) is 0 Å². The molecule has 1 fully saturated rings. The van der Waals surface area contributed by atoms with Crippen molar-refractivity contribution < 1.29 is 13.2 Å². The van der Waals surface area contributed by atoms with Crippen LogP contribution in [0.4, 0.5) is 0 Å². The van der Waals surface area contributed by atoms with Crippen LogP contribution >= 0.6 is 0 Å². The number of hydrogen-bond donors (Lipinski definition) is 0. The molecular formula is C20H33N3O3S. The van der Waals surface area contributed by atoms with Gasteiger partial charge in [0.2, 0.25) is 15.9 Å². The van der Waals surface area contributed by atoms with E-state index in [0.29, 0.717) is 43.7 Å². The average molecular weight is 396 g/mol. The van der Waals surface area contributed by atoms with Crippen molar-refractivity contribution in [2.45, 2.75) is 51.0 Å². The van der Waals surface area contributed by atoms with Gasteiger partial charge in [-0.3, -0.25) is 9.69 Å². The fourth-order valence-electron chi connectivity index (χ4n) is 2.95. The number of rotatable bonds is 5. The zero-order valence-electron chi connectivity index (χ0n) is 17.4. The number of benzene rings is 1. The quantitative estimate of drug-likeness (QED) is 0.767. The minimum atomic E-state index is -3.52. The summed E-state index contributed by atoms with van der Waals surface area (Å²) in [6.45, 7) is 12.3. The fraction of sp³-hybridized carbons (Fsp3) is 0.650. The van der Waals surface area contributed by atoms with E-state index in [4.69, 9.17) is 0 Å². The van der Waals surface area contributed by atoms with Crippen LogP contribution in [-0.2, 0) is 20.2 Å². The molecule has 0 unspecified atom stereocenters. The molecule has 1 heterocycles. The van der Waals surface area contributed by atoms with Crippen LogP contribution in [-0.4, -0.2) is 74.2 Å². The maximum absolute atomic E-state index is 12.9. The normalized spacial score (nSPS) is 17.0. The number of carbonyl (C=O) groups excluding carboxylic acids is 1. The molecule has 0 bridgehead atoms. The molecule has 1 aromatic rings. The van der Waals surface area contributed by atoms with E-state index in [1.165, 1.54) is 4.31 Å². The van der Waals surface area contributed by atoms with Crippen LogP contribution in [0.5, 0.6) is 0 Å². The first-order valence-corrected chi connectivity index (χ1v) is 11.0. The Morgan fingerprint density at radius 1 is 1.07 bits per heavy atom. The molecule has 0 aliphatic carbocycles. The summed E-state index contributed by atoms with van der Waals surface area (Å²) in [7, 11) is -1.60. The molecule has 1 aliphatic rings. The van der Waals surface area contributed by atoms with Gasteiger partial charge in [-0.25, -0.2) is 8.42 Å². The number of carbonyl (C=O) groups is 1. The Balaban J connectivity index is 2.01. The monoisotopic (exact) mass is 395 g/mol. The van der Waals surface area contributed by atoms with Crippen LogP contribution in [0, 0.1) is 0 Å². The molecule has 1 amide bonds. The minimum absolute atomic E-state index is 0.0164. The highest BCUT2D eigenvalue weighted by atomic mass is 32.2. The highest BCUT2D eigenvalue weighted by molar-refractivity contribution is 7.89. The van der Waals surface area contributed by atoms with Gasteiger partial charge >= 0.3 is 0 Å². The molecule has 27 heavy (non-hydrogen) atoms. The topological polar surface area (TPSA) is 60.9 Å². The van der Waals surface area contributed by atoms with Gasteiger partial charge in [-0.2, -0.15) is 4.31 Å². The lowest BCUT2D eigenvalue weighted by Crippen LogP contribution is -2.52. The van der Waals surface area contributed by atoms with E-state index in [0.717, 1.165) is 5.56 Å². The zero-order valence-corrected chi connectivity index (χ0v) is 18.2. The molecule has 0 spiro atoms. The maximum atomic E-state index is 12.9. The van der Waals surface area contributed by atoms with Gasteiger partial charge in [-0.05, 0) is 44.0 Å². The number of piperazine rings is 1. The van der Waals surface area contributed by atoms with Crippen molar-refractivity contribution in [2.24, 2.45) is 0 Å². The lowest BCUT2D eigenvalue weighted by molar-refractivity contribution is -0.133. The SMILES string of the molecule is CC(C)N(C)CC(=O)N1CCN(S(=O)(=O)c2ccc(C(C)(C)C)cc2)CC1. The molecule has 1 aromatic carbocycles. The van der Waals surface area contributed by atoms with Crippen LogP contribution in [0.25, 0.3) is 0 Å². The predicted octanol–water partition coefficient (Wildman–Crippen LogP) is 2.16. The Morgan fingerprint density at radius 3 is 2.04 bits per heavy atom. The summed E-state index contributed by atoms with van der Waals surface area (Å²) < 4.78 is 27.3. The largest absolute Gasteiger partial charge is 0.339 e. The summed E-state index contributed by atoms with van der Waals surface area (Å²) >= 11 is 0. The van der Waals surface area contributed by atoms with Crippen LogP contribution < -0.4 is 0 Å². The second kappa shape index (κ2) is 8.29. The third-order valence-corrected chi connectivity index (χ3v) is 7.13. The van der Waals surface area contributed by atoms with Crippen LogP contribution in [0.15, 0.2) is 29.2 Å². The van der Waals surface area contributed by atoms with E-state index in [2.05, 4.69) is 20.8 Å². The van der Waals surface area contributed by atoms with Crippen molar-refractivity contribution in [3.05, 3.63) is 29.8 Å². The fourth-order valence-corrected chi connectivity index (χ4v) is 4.37. The second-order valence-corrected chi connectivity index (χ2v) is 10.5. The van der Waals surface area contributed by atoms with Gasteiger partial charge in [0.15, 0.2) is 0 Å². The molecule has 1 saturated heterocycles. The summed E-state index contributed by atoms with van der Waals surface area (Å²) in [6, 6.07) is 7.44. The van der Waals surface area contributed by atoms with Crippen LogP contribution in [0.1, 0.15) is 40.2 Å². The molecule has 0 atom stereocenters. The predicted molar refractivity (Wildman–Crippen MR) is 108 cm³/mol. The molecule has 7 heteroatoms. The molecule has 6 nitrogen and oxygen atoms in total. The number of sulfonamides is 1. The van der Waals surface area contributed by atoms with Crippen LogP contribution in [0.2, 0.25) is 0 Å². The number of nitrogens with zero attached hydrogens (tertiary/aromatic N) is 3. The Morgan fingerprint density at radius 2 is 1.59 bits per heavy atom. The van der Waals surface area contributed by atoms with Crippen molar-refractivity contribution >= 4 is 15.9 Å². The van der Waals surface area contributed by atoms with Crippen molar-refractivity contribution in [1.29, 1.82) is 0 Å². The van der Waals surface area contributed by atoms with Gasteiger partial charge in [-0.15, -0.1) is 0 Å². The molecule has 0 aromatic heterocycles. The first-order valence-electron chi connectivity index (χ1n) is 9.51. The summed E-state index contributed by atoms with van der Waals surface area (Å²) in [6.07, 6.45) is 0. The van der Waals surface area contributed by atoms with Gasteiger partial charge in [0, 0.05) is 32.2 Å². The van der Waals surface area contributed by atoms with Crippen molar-refractivity contribution in [2.75, 3.05) is 39.8 Å². The number of likely N-dealkylation sites (N-methyl/N-ethyl adjacent to an activating group) is 1. The summed E-state index contributed by atoms with van der Waals surface area (Å²) in [5.74, 6) is 0.0535. The Kier molecular flexibility index (Phi) is 6.71. The minimum Gasteiger partial charge on any atom is -0.339 e. The van der Waals surface area contributed by atoms with E-state index in [1.54, 1.807) is 17.0 Å². The third-order valence-electron chi connectivity index (χ3n) is 5.22. The summed E-state index contributed by atoms with van der Waals surface area (Å²) in [5.41, 5.74) is 1.09. The molecule has 1 aliphatic heterocycles. The Hall–Kier alpha value is -1.44. The van der Waals surface area contributed by atoms with E-state index in [-0.39, 0.29) is 11.3 Å². The lowest BCUT2D eigenvalue weighted by Gasteiger charge is -2.35. The molecule has 0 radical (unpaired) electrons. The van der Waals surface area contributed by atoms with Gasteiger partial charge in [0.1, 0.15) is 0 Å². The third kappa shape index (κ3) is 5.30. The molecule has 152 valence electrons. The van der Waals surface area contributed by atoms with E-state index >= 15 is 0 Å². The van der Waals surface area contributed by atoms with E-state index in [9.17, 15) is 13.2 Å². The van der Waals surface area contributed by atoms with Gasteiger partial charge in [-0.1, -0.05) is 32.9 Å². The molecular weight excluding hydrogens is 362 g/mol. The van der Waals surface area contributed by atoms with E-state index in [1.807, 2.05) is 37.9 Å². The first kappa shape index (κ1) is 21.9. The smallest absolute Gasteiger partial charge is 0.243 e. The molecule has 2 rings (SSSR count). The van der Waals surface area contributed by atoms with Crippen molar-refractivity contribution in [1.82, 2.24) is 14.1 Å². The standard InChI is InChI=1S/C20H33N3O3S/c1-16(2)21(6)15-19(24)22-11-13-23(14-12-22)27(25,26)18-9-7-17(8-10-18)20(3,4)5/h7-10,16H,11-15H2,1-6H3. The highest BCUT2D eigenvalue weighted by Gasteiger charge is 2.30. The van der Waals surface area contributed by atoms with Crippen LogP contribution in [0.3, 0.4) is 0 Å². The lowest BCUT2D eigenvalue weighted by atomic mass is 9.87. The molecule has 0 N–H and O–H groups in total. The zero-order chi connectivity index (χ0) is 20.4. The van der Waals surface area contributed by atoms with Gasteiger partial charge in [0.05, 0.1) is 11.4 Å². The number of amides is 1. The maximum Gasteiger partial charge on any atom is 0.243 e. The number of hydrogen-bond acceptors (Lipinski definition) is 4. The Bertz CT molecular complexity index is 744. The van der Waals surface area contributed by atoms with E-state index < -0.39 is 10.0 Å². The first-order chi connectivity index (χ1) is 12.4. The highest BCUT2D eigenvalue weighted by Crippen LogP contribution is 2.25.